The summed E-state index contributed by atoms with van der Waals surface area (Å²) in [5.41, 5.74) is 0. The summed E-state index contributed by atoms with van der Waals surface area (Å²) in [5.74, 6) is -1.51. The Kier molecular flexibility index (Phi) is 28.3. The number of fused-ring (bicyclic) bond motifs is 2. The van der Waals surface area contributed by atoms with Crippen LogP contribution in [0.25, 0.3) is 0 Å². The fourth-order valence-corrected chi connectivity index (χ4v) is 17.6. The van der Waals surface area contributed by atoms with Crippen molar-refractivity contribution in [1.82, 2.24) is 73.4 Å². The zero-order valence-electron chi connectivity index (χ0n) is 53.5. The molecule has 32 nitrogen and oxygen atoms in total. The second kappa shape index (κ2) is 36.0. The highest BCUT2D eigenvalue weighted by molar-refractivity contribution is 8.00. The van der Waals surface area contributed by atoms with E-state index >= 15 is 0 Å². The number of nitrogens with zero attached hydrogens (tertiary/aromatic N) is 6. The maximum absolute atomic E-state index is 13.7. The molecule has 36 heteroatoms. The Morgan fingerprint density at radius 2 is 0.968 bits per heavy atom. The Labute approximate surface area is 558 Å². The maximum atomic E-state index is 13.7. The van der Waals surface area contributed by atoms with Crippen LogP contribution >= 0.6 is 23.5 Å². The quantitative estimate of drug-likeness (QED) is 0.0170. The summed E-state index contributed by atoms with van der Waals surface area (Å²) < 4.78 is 67.9. The predicted molar refractivity (Wildman–Crippen MR) is 354 cm³/mol. The molecule has 7 fully saturated rings. The van der Waals surface area contributed by atoms with Crippen LogP contribution in [0.5, 0.6) is 0 Å². The molecule has 94 heavy (non-hydrogen) atoms. The van der Waals surface area contributed by atoms with Crippen molar-refractivity contribution in [3.05, 3.63) is 0 Å². The molecule has 0 aliphatic carbocycles. The summed E-state index contributed by atoms with van der Waals surface area (Å²) in [7, 11) is -7.75. The van der Waals surface area contributed by atoms with Crippen molar-refractivity contribution >= 4 is 109 Å². The first-order valence-electron chi connectivity index (χ1n) is 33.3. The molecule has 0 aromatic carbocycles. The Morgan fingerprint density at radius 3 is 1.43 bits per heavy atom. The van der Waals surface area contributed by atoms with Crippen LogP contribution in [0.1, 0.15) is 141 Å². The summed E-state index contributed by atoms with van der Waals surface area (Å²) in [4.78, 5) is 122. The Morgan fingerprint density at radius 1 is 0.553 bits per heavy atom. The number of thioether (sulfide) groups is 2. The van der Waals surface area contributed by atoms with Crippen LogP contribution in [-0.2, 0) is 49.0 Å². The van der Waals surface area contributed by atoms with E-state index in [4.69, 9.17) is 15.0 Å². The van der Waals surface area contributed by atoms with Crippen molar-refractivity contribution in [2.75, 3.05) is 97.1 Å². The maximum Gasteiger partial charge on any atom is 0.315 e. The van der Waals surface area contributed by atoms with Gasteiger partial charge in [0.05, 0.1) is 29.9 Å². The van der Waals surface area contributed by atoms with E-state index in [9.17, 15) is 69.4 Å². The van der Waals surface area contributed by atoms with Gasteiger partial charge in [0.25, 0.3) is 20.2 Å². The molecule has 7 aliphatic heterocycles. The van der Waals surface area contributed by atoms with E-state index in [0.717, 1.165) is 50.0 Å². The van der Waals surface area contributed by atoms with E-state index in [-0.39, 0.29) is 72.7 Å². The molecule has 7 saturated heterocycles. The summed E-state index contributed by atoms with van der Waals surface area (Å²) in [6.45, 7) is 3.31. The van der Waals surface area contributed by atoms with Gasteiger partial charge in [-0.1, -0.05) is 25.7 Å². The zero-order valence-corrected chi connectivity index (χ0v) is 56.8. The van der Waals surface area contributed by atoms with Gasteiger partial charge in [0.1, 0.15) is 24.1 Å². The minimum atomic E-state index is -4.69. The van der Waals surface area contributed by atoms with Gasteiger partial charge < -0.3 is 73.0 Å². The van der Waals surface area contributed by atoms with Crippen LogP contribution in [0.15, 0.2) is 0 Å². The number of aromatic nitrogens is 3. The number of nitrogens with one attached hydrogen (secondary N) is 11. The molecule has 7 aliphatic rings. The lowest BCUT2D eigenvalue weighted by Gasteiger charge is -2.36. The second-order valence-electron chi connectivity index (χ2n) is 25.6. The van der Waals surface area contributed by atoms with Crippen molar-refractivity contribution in [3.8, 4) is 0 Å². The van der Waals surface area contributed by atoms with Gasteiger partial charge in [0.15, 0.2) is 0 Å². The first-order valence-corrected chi connectivity index (χ1v) is 38.6. The fraction of sp³-hybridized carbons (Fsp3) is 0.810. The number of urea groups is 2. The SMILES string of the molecule is CNC(=O)C1CCN(c2nc(N3CCC(NC(=O)C(CS(=O)(=O)O)NC(=O)CCCCCNC(=O)CCCCC4SCC5NC(=O)NC54)CC3)nc(N3CCC(NC(=O)C(CS(=O)(=O)O)NC(O)CCCCCNC(=O)CCCCC4SCC5NC(=O)NC54)CC3)n2)CC1. The lowest BCUT2D eigenvalue weighted by atomic mass is 9.96. The van der Waals surface area contributed by atoms with E-state index < -0.39 is 79.9 Å². The third-order valence-electron chi connectivity index (χ3n) is 18.4. The number of piperidine rings is 3. The summed E-state index contributed by atoms with van der Waals surface area (Å²) >= 11 is 3.68. The van der Waals surface area contributed by atoms with Crippen molar-refractivity contribution < 1.29 is 69.4 Å². The van der Waals surface area contributed by atoms with Crippen LogP contribution < -0.4 is 73.2 Å². The fourth-order valence-electron chi connectivity index (χ4n) is 13.2. The van der Waals surface area contributed by atoms with Crippen LogP contribution in [-0.4, -0.2) is 241 Å². The number of anilines is 3. The molecule has 0 spiro atoms. The normalized spacial score (nSPS) is 23.6. The molecule has 1 aromatic rings. The molecule has 0 radical (unpaired) electrons. The van der Waals surface area contributed by atoms with E-state index in [0.29, 0.717) is 171 Å². The van der Waals surface area contributed by atoms with E-state index in [1.54, 1.807) is 7.05 Å². The average Bonchev–Trinajstić information content (AvgIpc) is 1.29. The van der Waals surface area contributed by atoms with Gasteiger partial charge in [0, 0.05) is 119 Å². The number of hydrogen-bond acceptors (Lipinski definition) is 22. The third kappa shape index (κ3) is 23.8. The number of rotatable bonds is 37. The highest BCUT2D eigenvalue weighted by Gasteiger charge is 2.44. The topological polar surface area (TPSA) is 446 Å². The van der Waals surface area contributed by atoms with Crippen molar-refractivity contribution in [2.24, 2.45) is 5.92 Å². The van der Waals surface area contributed by atoms with Crippen LogP contribution in [0, 0.1) is 5.92 Å². The summed E-state index contributed by atoms with van der Waals surface area (Å²) in [6, 6.07) is -3.55. The Hall–Kier alpha value is -5.79. The number of unbranched alkanes of at least 4 members (excludes halogenated alkanes) is 6. The summed E-state index contributed by atoms with van der Waals surface area (Å²) in [5, 5.41) is 42.8. The van der Waals surface area contributed by atoms with E-state index in [1.807, 2.05) is 38.2 Å². The molecule has 528 valence electrons. The van der Waals surface area contributed by atoms with Crippen LogP contribution in [0.3, 0.4) is 0 Å². The average molecular weight is 1400 g/mol. The molecule has 10 amide bonds. The molecule has 14 N–H and O–H groups in total. The second-order valence-corrected chi connectivity index (χ2v) is 31.1. The monoisotopic (exact) mass is 1400 g/mol. The van der Waals surface area contributed by atoms with Crippen molar-refractivity contribution in [2.45, 2.75) is 206 Å². The molecule has 9 atom stereocenters. The lowest BCUT2D eigenvalue weighted by molar-refractivity contribution is -0.129. The highest BCUT2D eigenvalue weighted by atomic mass is 32.2. The standard InChI is InChI=1S/C58H97N17O15S4/c1-59-51(80)36-18-26-73(27-19-36)54-70-55(74-28-20-37(21-29-74)62-52(81)41(34-93(85,86)87)64-47(78)16-4-2-10-24-60-45(76)14-8-6-12-43-49-39(32-91-43)66-57(83)68-49)72-56(71-54)75-30-22-38(23-31-75)63-53(82)42(35-94(88,89)90)65-48(79)17-5-3-11-25-61-46(77)15-9-7-13-44-50-40(33-92-44)67-58(84)69-50/h36-44,47,49-50,64,78H,2-35H2,1H3,(H,59,80)(H,60,76)(H,61,77)(H,62,81)(H,63,82)(H,65,79)(H2,66,68,83)(H2,67,69,84)(H,85,86,87)(H,88,89,90). The van der Waals surface area contributed by atoms with Gasteiger partial charge >= 0.3 is 12.1 Å². The van der Waals surface area contributed by atoms with Gasteiger partial charge in [-0.15, -0.1) is 0 Å². The summed E-state index contributed by atoms with van der Waals surface area (Å²) in [6.07, 6.45) is 10.8. The largest absolute Gasteiger partial charge is 0.379 e. The van der Waals surface area contributed by atoms with Gasteiger partial charge in [-0.25, -0.2) is 9.59 Å². The minimum Gasteiger partial charge on any atom is -0.379 e. The molecule has 1 aromatic heterocycles. The Balaban J connectivity index is 0.752. The van der Waals surface area contributed by atoms with Crippen LogP contribution in [0.4, 0.5) is 27.4 Å². The number of carbonyl (C=O) groups is 8. The van der Waals surface area contributed by atoms with Gasteiger partial charge in [-0.2, -0.15) is 55.3 Å². The minimum absolute atomic E-state index is 0.0141. The molecule has 0 saturated carbocycles. The van der Waals surface area contributed by atoms with Crippen molar-refractivity contribution in [1.29, 1.82) is 0 Å². The van der Waals surface area contributed by atoms with Crippen molar-refractivity contribution in [3.63, 3.8) is 0 Å². The molecular weight excluding hydrogens is 1300 g/mol. The molecule has 8 rings (SSSR count). The number of aliphatic hydroxyl groups is 1. The van der Waals surface area contributed by atoms with Crippen LogP contribution in [0.2, 0.25) is 0 Å². The number of carbonyl (C=O) groups excluding carboxylic acids is 8. The Bertz CT molecular complexity index is 2980. The first kappa shape index (κ1) is 74.0. The first-order chi connectivity index (χ1) is 44.9. The lowest BCUT2D eigenvalue weighted by Crippen LogP contribution is -2.55. The number of aliphatic hydroxyl groups excluding tert-OH is 1. The van der Waals surface area contributed by atoms with Gasteiger partial charge in [-0.3, -0.25) is 43.2 Å². The smallest absolute Gasteiger partial charge is 0.315 e. The molecule has 8 heterocycles. The highest BCUT2D eigenvalue weighted by Crippen LogP contribution is 2.35. The van der Waals surface area contributed by atoms with E-state index in [2.05, 4.69) is 58.5 Å². The zero-order chi connectivity index (χ0) is 67.4. The van der Waals surface area contributed by atoms with E-state index in [1.165, 1.54) is 0 Å². The predicted octanol–water partition coefficient (Wildman–Crippen LogP) is -0.654. The number of amides is 10. The number of hydrogen-bond donors (Lipinski definition) is 14. The third-order valence-corrected chi connectivity index (χ3v) is 22.9. The molecule has 0 bridgehead atoms. The van der Waals surface area contributed by atoms with Gasteiger partial charge in [0.2, 0.25) is 53.3 Å². The molecular formula is C58H97N17O15S4. The van der Waals surface area contributed by atoms with Gasteiger partial charge in [-0.05, 0) is 96.3 Å². The molecule has 9 unspecified atom stereocenters.